The zero-order valence-electron chi connectivity index (χ0n) is 14.9. The monoisotopic (exact) mass is 368 g/mol. The molecule has 1 aliphatic rings. The molecule has 2 aromatic carbocycles. The van der Waals surface area contributed by atoms with Crippen molar-refractivity contribution in [3.63, 3.8) is 0 Å². The van der Waals surface area contributed by atoms with Gasteiger partial charge in [-0.2, -0.15) is 0 Å². The molecule has 1 N–H and O–H groups in total. The Morgan fingerprint density at radius 1 is 1.19 bits per heavy atom. The third-order valence-electron chi connectivity index (χ3n) is 4.93. The second-order valence-corrected chi connectivity index (χ2v) is 7.23. The lowest BCUT2D eigenvalue weighted by Crippen LogP contribution is -2.44. The number of rotatable bonds is 6. The van der Waals surface area contributed by atoms with Crippen LogP contribution in [0.4, 0.5) is 0 Å². The molecular weight excluding hydrogens is 344 g/mol. The van der Waals surface area contributed by atoms with Gasteiger partial charge in [-0.15, -0.1) is 6.58 Å². The van der Waals surface area contributed by atoms with Crippen LogP contribution in [0.3, 0.4) is 0 Å². The molecule has 4 heteroatoms. The molecule has 0 aliphatic carbocycles. The third-order valence-corrected chi connectivity index (χ3v) is 5.17. The van der Waals surface area contributed by atoms with Crippen LogP contribution in [-0.2, 0) is 11.3 Å². The number of piperidine rings is 1. The van der Waals surface area contributed by atoms with Crippen molar-refractivity contribution in [2.24, 2.45) is 5.92 Å². The normalized spacial score (nSPS) is 20.5. The Morgan fingerprint density at radius 2 is 2.00 bits per heavy atom. The van der Waals surface area contributed by atoms with Gasteiger partial charge in [0.05, 0.1) is 5.92 Å². The van der Waals surface area contributed by atoms with Crippen LogP contribution in [0.15, 0.2) is 67.3 Å². The molecule has 0 aromatic heterocycles. The summed E-state index contributed by atoms with van der Waals surface area (Å²) in [5.41, 5.74) is 2.48. The first-order chi connectivity index (χ1) is 12.7. The van der Waals surface area contributed by atoms with Gasteiger partial charge in [0.15, 0.2) is 0 Å². The molecular formula is C22H25ClN2O. The lowest BCUT2D eigenvalue weighted by atomic mass is 9.88. The van der Waals surface area contributed by atoms with Gasteiger partial charge >= 0.3 is 0 Å². The van der Waals surface area contributed by atoms with Crippen LogP contribution in [0.1, 0.15) is 30.0 Å². The summed E-state index contributed by atoms with van der Waals surface area (Å²) < 4.78 is 0. The Hall–Kier alpha value is -2.10. The fraction of sp³-hybridized carbons (Fsp3) is 0.318. The standard InChI is InChI=1S/C22H25ClN2O/c1-2-13-24-22(26)19-11-12-21(18-8-4-3-5-9-18)25(16-19)15-17-7-6-10-20(23)14-17/h2-10,14,19,21H,1,11-13,15-16H2,(H,24,26)/t19-,21+/m1/s1. The molecule has 0 radical (unpaired) electrons. The smallest absolute Gasteiger partial charge is 0.224 e. The molecule has 3 nitrogen and oxygen atoms in total. The Balaban J connectivity index is 1.79. The summed E-state index contributed by atoms with van der Waals surface area (Å²) in [6, 6.07) is 18.8. The minimum absolute atomic E-state index is 0.00842. The second kappa shape index (κ2) is 9.02. The average Bonchev–Trinajstić information content (AvgIpc) is 2.67. The van der Waals surface area contributed by atoms with Crippen molar-refractivity contribution in [2.45, 2.75) is 25.4 Å². The fourth-order valence-corrected chi connectivity index (χ4v) is 3.88. The molecule has 2 atom stereocenters. The van der Waals surface area contributed by atoms with E-state index in [-0.39, 0.29) is 11.8 Å². The minimum Gasteiger partial charge on any atom is -0.352 e. The Labute approximate surface area is 160 Å². The summed E-state index contributed by atoms with van der Waals surface area (Å²) in [5, 5.41) is 3.69. The molecule has 1 aliphatic heterocycles. The number of nitrogens with zero attached hydrogens (tertiary/aromatic N) is 1. The van der Waals surface area contributed by atoms with Crippen molar-refractivity contribution in [1.82, 2.24) is 10.2 Å². The molecule has 2 aromatic rings. The topological polar surface area (TPSA) is 32.3 Å². The number of benzene rings is 2. The summed E-state index contributed by atoms with van der Waals surface area (Å²) in [4.78, 5) is 14.9. The highest BCUT2D eigenvalue weighted by Gasteiger charge is 2.32. The van der Waals surface area contributed by atoms with E-state index < -0.39 is 0 Å². The van der Waals surface area contributed by atoms with Crippen molar-refractivity contribution >= 4 is 17.5 Å². The van der Waals surface area contributed by atoms with Crippen LogP contribution >= 0.6 is 11.6 Å². The van der Waals surface area contributed by atoms with Crippen molar-refractivity contribution in [3.8, 4) is 0 Å². The molecule has 0 saturated carbocycles. The first-order valence-corrected chi connectivity index (χ1v) is 9.47. The van der Waals surface area contributed by atoms with Gasteiger partial charge < -0.3 is 5.32 Å². The quantitative estimate of drug-likeness (QED) is 0.756. The largest absolute Gasteiger partial charge is 0.352 e. The molecule has 26 heavy (non-hydrogen) atoms. The van der Waals surface area contributed by atoms with Gasteiger partial charge in [0.2, 0.25) is 5.91 Å². The van der Waals surface area contributed by atoms with E-state index >= 15 is 0 Å². The van der Waals surface area contributed by atoms with Gasteiger partial charge in [-0.25, -0.2) is 0 Å². The van der Waals surface area contributed by atoms with Crippen LogP contribution in [-0.4, -0.2) is 23.9 Å². The number of halogens is 1. The van der Waals surface area contributed by atoms with E-state index in [2.05, 4.69) is 47.1 Å². The lowest BCUT2D eigenvalue weighted by Gasteiger charge is -2.39. The molecule has 1 amide bonds. The summed E-state index contributed by atoms with van der Waals surface area (Å²) in [5.74, 6) is 0.126. The predicted octanol–water partition coefficient (Wildman–Crippen LogP) is 4.60. The molecule has 1 fully saturated rings. The van der Waals surface area contributed by atoms with Crippen molar-refractivity contribution in [3.05, 3.63) is 83.4 Å². The molecule has 3 rings (SSSR count). The lowest BCUT2D eigenvalue weighted by molar-refractivity contribution is -0.127. The fourth-order valence-electron chi connectivity index (χ4n) is 3.67. The van der Waals surface area contributed by atoms with Gasteiger partial charge in [0, 0.05) is 30.7 Å². The summed E-state index contributed by atoms with van der Waals surface area (Å²) in [6.07, 6.45) is 3.59. The van der Waals surface area contributed by atoms with E-state index in [1.165, 1.54) is 11.1 Å². The Kier molecular flexibility index (Phi) is 6.48. The number of nitrogens with one attached hydrogen (secondary N) is 1. The van der Waals surface area contributed by atoms with Crippen LogP contribution < -0.4 is 5.32 Å². The maximum absolute atomic E-state index is 12.4. The molecule has 136 valence electrons. The zero-order chi connectivity index (χ0) is 18.4. The van der Waals surface area contributed by atoms with Crippen molar-refractivity contribution in [2.75, 3.05) is 13.1 Å². The average molecular weight is 369 g/mol. The third kappa shape index (κ3) is 4.75. The number of hydrogen-bond donors (Lipinski definition) is 1. The first-order valence-electron chi connectivity index (χ1n) is 9.09. The van der Waals surface area contributed by atoms with Crippen molar-refractivity contribution in [1.29, 1.82) is 0 Å². The molecule has 0 unspecified atom stereocenters. The number of amides is 1. The number of hydrogen-bond acceptors (Lipinski definition) is 2. The van der Waals surface area contributed by atoms with Crippen LogP contribution in [0.2, 0.25) is 5.02 Å². The maximum atomic E-state index is 12.4. The van der Waals surface area contributed by atoms with E-state index in [1.807, 2.05) is 24.3 Å². The predicted molar refractivity (Wildman–Crippen MR) is 107 cm³/mol. The van der Waals surface area contributed by atoms with Crippen molar-refractivity contribution < 1.29 is 4.79 Å². The van der Waals surface area contributed by atoms with Gasteiger partial charge in [-0.1, -0.05) is 60.1 Å². The van der Waals surface area contributed by atoms with Gasteiger partial charge in [-0.3, -0.25) is 9.69 Å². The SMILES string of the molecule is C=CCNC(=O)[C@@H]1CC[C@@H](c2ccccc2)N(Cc2cccc(Cl)c2)C1. The van der Waals surface area contributed by atoms with Gasteiger partial charge in [0.25, 0.3) is 0 Å². The number of likely N-dealkylation sites (tertiary alicyclic amines) is 1. The molecule has 1 heterocycles. The van der Waals surface area contributed by atoms with E-state index in [9.17, 15) is 4.79 Å². The minimum atomic E-state index is 0.00842. The highest BCUT2D eigenvalue weighted by atomic mass is 35.5. The highest BCUT2D eigenvalue weighted by molar-refractivity contribution is 6.30. The number of carbonyl (C=O) groups excluding carboxylic acids is 1. The van der Waals surface area contributed by atoms with Crippen LogP contribution in [0, 0.1) is 5.92 Å². The Morgan fingerprint density at radius 3 is 2.73 bits per heavy atom. The second-order valence-electron chi connectivity index (χ2n) is 6.79. The summed E-state index contributed by atoms with van der Waals surface area (Å²) in [7, 11) is 0. The van der Waals surface area contributed by atoms with Gasteiger partial charge in [0.1, 0.15) is 0 Å². The first kappa shape index (κ1) is 18.7. The van der Waals surface area contributed by atoms with Gasteiger partial charge in [-0.05, 0) is 36.1 Å². The Bertz CT molecular complexity index is 747. The highest BCUT2D eigenvalue weighted by Crippen LogP contribution is 2.34. The summed E-state index contributed by atoms with van der Waals surface area (Å²) >= 11 is 6.16. The van der Waals surface area contributed by atoms with Crippen LogP contribution in [0.5, 0.6) is 0 Å². The molecule has 1 saturated heterocycles. The van der Waals surface area contributed by atoms with E-state index in [1.54, 1.807) is 6.08 Å². The molecule has 0 bridgehead atoms. The molecule has 0 spiro atoms. The maximum Gasteiger partial charge on any atom is 0.224 e. The summed E-state index contributed by atoms with van der Waals surface area (Å²) in [6.45, 7) is 5.72. The van der Waals surface area contributed by atoms with Crippen LogP contribution in [0.25, 0.3) is 0 Å². The van der Waals surface area contributed by atoms with E-state index in [0.29, 0.717) is 12.6 Å². The van der Waals surface area contributed by atoms with E-state index in [0.717, 1.165) is 31.0 Å². The number of carbonyl (C=O) groups is 1. The van der Waals surface area contributed by atoms with E-state index in [4.69, 9.17) is 11.6 Å². The zero-order valence-corrected chi connectivity index (χ0v) is 15.7.